The molecule has 2 atom stereocenters. The van der Waals surface area contributed by atoms with E-state index >= 15 is 0 Å². The maximum absolute atomic E-state index is 12.4. The molecule has 0 radical (unpaired) electrons. The summed E-state index contributed by atoms with van der Waals surface area (Å²) in [5.41, 5.74) is 0.0915. The number of fused-ring (bicyclic) bond motifs is 1. The number of alkyl carbamates (subject to hydrolysis) is 1. The SMILES string of the molecule is CC(CCCCN1C(=O)c2ccccc2C1=O)(NC(=O)OCc1ccccc1)O[P+](=O)O. The van der Waals surface area contributed by atoms with Crippen LogP contribution in [0.25, 0.3) is 0 Å². The summed E-state index contributed by atoms with van der Waals surface area (Å²) in [6.07, 6.45) is 0.200. The molecule has 0 bridgehead atoms. The molecule has 3 rings (SSSR count). The van der Waals surface area contributed by atoms with E-state index in [0.29, 0.717) is 24.0 Å². The predicted molar refractivity (Wildman–Crippen MR) is 115 cm³/mol. The van der Waals surface area contributed by atoms with E-state index in [1.807, 2.05) is 18.2 Å². The van der Waals surface area contributed by atoms with Gasteiger partial charge >= 0.3 is 14.3 Å². The minimum Gasteiger partial charge on any atom is -0.445 e. The van der Waals surface area contributed by atoms with E-state index in [9.17, 15) is 23.8 Å². The van der Waals surface area contributed by atoms with Crippen LogP contribution in [0.4, 0.5) is 4.79 Å². The first-order chi connectivity index (χ1) is 15.3. The highest BCUT2D eigenvalue weighted by atomic mass is 31.1. The van der Waals surface area contributed by atoms with E-state index in [2.05, 4.69) is 5.32 Å². The molecule has 2 aromatic rings. The molecule has 2 N–H and O–H groups in total. The third-order valence-electron chi connectivity index (χ3n) is 5.02. The van der Waals surface area contributed by atoms with Gasteiger partial charge < -0.3 is 4.74 Å². The first-order valence-electron chi connectivity index (χ1n) is 10.1. The molecule has 0 aliphatic carbocycles. The fraction of sp³-hybridized carbons (Fsp3) is 0.318. The summed E-state index contributed by atoms with van der Waals surface area (Å²) in [6.45, 7) is 1.68. The highest BCUT2D eigenvalue weighted by molar-refractivity contribution is 7.32. The van der Waals surface area contributed by atoms with Crippen molar-refractivity contribution in [2.75, 3.05) is 6.54 Å². The summed E-state index contributed by atoms with van der Waals surface area (Å²) in [6, 6.07) is 15.7. The minimum absolute atomic E-state index is 0.0355. The van der Waals surface area contributed by atoms with Gasteiger partial charge in [-0.15, -0.1) is 4.89 Å². The van der Waals surface area contributed by atoms with Crippen LogP contribution >= 0.6 is 8.25 Å². The second-order valence-electron chi connectivity index (χ2n) is 7.51. The van der Waals surface area contributed by atoms with Gasteiger partial charge in [-0.3, -0.25) is 19.8 Å². The number of carbonyl (C=O) groups is 3. The topological polar surface area (TPSA) is 122 Å². The van der Waals surface area contributed by atoms with Crippen LogP contribution in [0.1, 0.15) is 52.5 Å². The Hall–Kier alpha value is -3.13. The Morgan fingerprint density at radius 3 is 2.22 bits per heavy atom. The van der Waals surface area contributed by atoms with Crippen LogP contribution in [0, 0.1) is 0 Å². The normalized spacial score (nSPS) is 15.2. The fourth-order valence-corrected chi connectivity index (χ4v) is 3.93. The molecule has 0 aromatic heterocycles. The summed E-state index contributed by atoms with van der Waals surface area (Å²) in [5.74, 6) is -0.684. The zero-order valence-electron chi connectivity index (χ0n) is 17.5. The Kier molecular flexibility index (Phi) is 7.69. The smallest absolute Gasteiger partial charge is 0.445 e. The monoisotopic (exact) mass is 459 g/mol. The van der Waals surface area contributed by atoms with Crippen molar-refractivity contribution in [1.29, 1.82) is 0 Å². The molecule has 1 aliphatic rings. The number of carbonyl (C=O) groups excluding carboxylic acids is 3. The number of amides is 3. The Morgan fingerprint density at radius 1 is 1.03 bits per heavy atom. The van der Waals surface area contributed by atoms with Crippen molar-refractivity contribution in [2.45, 2.75) is 38.5 Å². The number of benzene rings is 2. The quantitative estimate of drug-likeness (QED) is 0.240. The average molecular weight is 459 g/mol. The van der Waals surface area contributed by atoms with Crippen LogP contribution < -0.4 is 5.32 Å². The number of nitrogens with one attached hydrogen (secondary N) is 1. The lowest BCUT2D eigenvalue weighted by Gasteiger charge is -2.24. The van der Waals surface area contributed by atoms with Gasteiger partial charge in [0.25, 0.3) is 11.8 Å². The van der Waals surface area contributed by atoms with Gasteiger partial charge in [0, 0.05) is 11.1 Å². The third-order valence-corrected chi connectivity index (χ3v) is 5.58. The number of hydrogen-bond acceptors (Lipinski definition) is 6. The molecule has 9 nitrogen and oxygen atoms in total. The Balaban J connectivity index is 1.50. The standard InChI is InChI=1S/C22H23N2O7P/c1-22(31-32(28)29,23-21(27)30-15-16-9-3-2-4-10-16)13-7-8-14-24-19(25)17-11-5-6-12-18(17)20(24)26/h2-6,9-12H,7-8,13-15H2,1H3,(H-,23,27,28,29)/p+1. The molecule has 0 spiro atoms. The van der Waals surface area contributed by atoms with Crippen LogP contribution in [-0.2, 0) is 20.4 Å². The molecule has 10 heteroatoms. The maximum atomic E-state index is 12.4. The van der Waals surface area contributed by atoms with Gasteiger partial charge in [-0.25, -0.2) is 4.79 Å². The average Bonchev–Trinajstić information content (AvgIpc) is 3.00. The second kappa shape index (κ2) is 10.5. The van der Waals surface area contributed by atoms with Crippen molar-refractivity contribution >= 4 is 26.2 Å². The highest BCUT2D eigenvalue weighted by Crippen LogP contribution is 2.29. The van der Waals surface area contributed by atoms with Crippen LogP contribution in [-0.4, -0.2) is 40.0 Å². The molecular formula is C22H24N2O7P+. The van der Waals surface area contributed by atoms with Gasteiger partial charge in [-0.2, -0.15) is 0 Å². The van der Waals surface area contributed by atoms with Crippen molar-refractivity contribution < 1.29 is 33.1 Å². The molecule has 0 saturated carbocycles. The number of imide groups is 1. The van der Waals surface area contributed by atoms with Crippen LogP contribution in [0.3, 0.4) is 0 Å². The Labute approximate surface area is 186 Å². The zero-order chi connectivity index (χ0) is 23.1. The van der Waals surface area contributed by atoms with Gasteiger partial charge in [0.05, 0.1) is 11.1 Å². The third kappa shape index (κ3) is 5.97. The largest absolute Gasteiger partial charge is 0.697 e. The Bertz CT molecular complexity index is 979. The summed E-state index contributed by atoms with van der Waals surface area (Å²) in [5, 5.41) is 2.48. The Morgan fingerprint density at radius 2 is 1.62 bits per heavy atom. The molecular weight excluding hydrogens is 435 g/mol. The minimum atomic E-state index is -2.99. The van der Waals surface area contributed by atoms with Gasteiger partial charge in [0.1, 0.15) is 6.61 Å². The van der Waals surface area contributed by atoms with Crippen LogP contribution in [0.5, 0.6) is 0 Å². The van der Waals surface area contributed by atoms with Crippen LogP contribution in [0.15, 0.2) is 54.6 Å². The fourth-order valence-electron chi connectivity index (χ4n) is 3.45. The van der Waals surface area contributed by atoms with E-state index in [4.69, 9.17) is 9.26 Å². The van der Waals surface area contributed by atoms with Crippen molar-refractivity contribution in [3.63, 3.8) is 0 Å². The van der Waals surface area contributed by atoms with E-state index in [0.717, 1.165) is 5.56 Å². The molecule has 1 aliphatic heterocycles. The van der Waals surface area contributed by atoms with Crippen molar-refractivity contribution in [3.05, 3.63) is 71.3 Å². The first-order valence-corrected chi connectivity index (χ1v) is 11.2. The second-order valence-corrected chi connectivity index (χ2v) is 8.17. The van der Waals surface area contributed by atoms with Gasteiger partial charge in [-0.05, 0) is 43.9 Å². The van der Waals surface area contributed by atoms with E-state index in [1.54, 1.807) is 36.4 Å². The highest BCUT2D eigenvalue weighted by Gasteiger charge is 2.38. The molecule has 2 unspecified atom stereocenters. The number of unbranched alkanes of at least 4 members (excludes halogenated alkanes) is 1. The summed E-state index contributed by atoms with van der Waals surface area (Å²) in [4.78, 5) is 47.4. The maximum Gasteiger partial charge on any atom is 0.697 e. The van der Waals surface area contributed by atoms with Gasteiger partial charge in [0.2, 0.25) is 0 Å². The first kappa shape index (κ1) is 23.5. The van der Waals surface area contributed by atoms with Crippen molar-refractivity contribution in [3.8, 4) is 0 Å². The summed E-state index contributed by atoms with van der Waals surface area (Å²) < 4.78 is 21.4. The molecule has 2 aromatic carbocycles. The molecule has 3 amide bonds. The van der Waals surface area contributed by atoms with Crippen molar-refractivity contribution in [2.24, 2.45) is 0 Å². The molecule has 168 valence electrons. The lowest BCUT2D eigenvalue weighted by Crippen LogP contribution is -2.47. The van der Waals surface area contributed by atoms with E-state index < -0.39 is 20.1 Å². The molecule has 32 heavy (non-hydrogen) atoms. The number of hydrogen-bond donors (Lipinski definition) is 2. The lowest BCUT2D eigenvalue weighted by molar-refractivity contribution is 0.0296. The number of rotatable bonds is 10. The molecule has 1 heterocycles. The molecule has 0 saturated heterocycles. The number of ether oxygens (including phenoxy) is 1. The van der Waals surface area contributed by atoms with Crippen molar-refractivity contribution in [1.82, 2.24) is 10.2 Å². The summed E-state index contributed by atoms with van der Waals surface area (Å²) in [7, 11) is -2.99. The number of nitrogens with zero attached hydrogens (tertiary/aromatic N) is 1. The van der Waals surface area contributed by atoms with Gasteiger partial charge in [0.15, 0.2) is 5.72 Å². The summed E-state index contributed by atoms with van der Waals surface area (Å²) >= 11 is 0. The molecule has 0 fully saturated rings. The van der Waals surface area contributed by atoms with Crippen LogP contribution in [0.2, 0.25) is 0 Å². The lowest BCUT2D eigenvalue weighted by atomic mass is 10.1. The predicted octanol–water partition coefficient (Wildman–Crippen LogP) is 3.76. The van der Waals surface area contributed by atoms with E-state index in [-0.39, 0.29) is 31.4 Å². The zero-order valence-corrected chi connectivity index (χ0v) is 18.4. The van der Waals surface area contributed by atoms with Gasteiger partial charge in [-0.1, -0.05) is 47.0 Å². The van der Waals surface area contributed by atoms with E-state index in [1.165, 1.54) is 11.8 Å².